The zero-order valence-corrected chi connectivity index (χ0v) is 29.3. The summed E-state index contributed by atoms with van der Waals surface area (Å²) in [5, 5.41) is 16.2. The molecule has 0 bridgehead atoms. The van der Waals surface area contributed by atoms with Crippen LogP contribution in [-0.2, 0) is 14.8 Å². The van der Waals surface area contributed by atoms with Gasteiger partial charge in [0.15, 0.2) is 0 Å². The van der Waals surface area contributed by atoms with Gasteiger partial charge in [0.1, 0.15) is 5.75 Å². The molecule has 1 aliphatic heterocycles. The van der Waals surface area contributed by atoms with E-state index in [4.69, 9.17) is 21.1 Å². The number of hydrogen-bond donors (Lipinski definition) is 3. The van der Waals surface area contributed by atoms with E-state index in [2.05, 4.69) is 10.6 Å². The Balaban J connectivity index is 1.62. The number of carbonyl (C=O) groups is 2. The number of rotatable bonds is 8. The molecule has 3 aromatic carbocycles. The van der Waals surface area contributed by atoms with Gasteiger partial charge in [-0.3, -0.25) is 4.79 Å². The molecule has 13 heteroatoms. The number of benzene rings is 3. The quantitative estimate of drug-likeness (QED) is 0.258. The van der Waals surface area contributed by atoms with E-state index in [1.807, 2.05) is 32.0 Å². The smallest absolute Gasteiger partial charge is 0.323 e. The summed E-state index contributed by atoms with van der Waals surface area (Å²) in [6.07, 6.45) is 1.42. The van der Waals surface area contributed by atoms with Gasteiger partial charge < -0.3 is 30.1 Å². The van der Waals surface area contributed by atoms with Crippen LogP contribution >= 0.6 is 11.6 Å². The van der Waals surface area contributed by atoms with Gasteiger partial charge in [-0.05, 0) is 87.7 Å². The third-order valence-corrected chi connectivity index (χ3v) is 10.4. The average molecular weight is 701 g/mol. The van der Waals surface area contributed by atoms with Crippen LogP contribution in [-0.4, -0.2) is 86.3 Å². The molecule has 0 spiro atoms. The Kier molecular flexibility index (Phi) is 13.2. The van der Waals surface area contributed by atoms with Crippen LogP contribution in [0.2, 0.25) is 5.02 Å². The first-order valence-electron chi connectivity index (χ1n) is 16.1. The predicted molar refractivity (Wildman–Crippen MR) is 187 cm³/mol. The van der Waals surface area contributed by atoms with Crippen molar-refractivity contribution in [1.29, 1.82) is 0 Å². The predicted octanol–water partition coefficient (Wildman–Crippen LogP) is 6.10. The van der Waals surface area contributed by atoms with Crippen molar-refractivity contribution >= 4 is 44.9 Å². The number of para-hydroxylation sites is 1. The molecular weight excluding hydrogens is 656 g/mol. The molecule has 3 N–H and O–H groups in total. The van der Waals surface area contributed by atoms with Gasteiger partial charge in [-0.15, -0.1) is 0 Å². The Morgan fingerprint density at radius 1 is 1.04 bits per heavy atom. The van der Waals surface area contributed by atoms with Crippen LogP contribution in [0.1, 0.15) is 50.4 Å². The van der Waals surface area contributed by atoms with Crippen LogP contribution < -0.4 is 15.4 Å². The minimum atomic E-state index is -3.85. The number of aliphatic hydroxyl groups excluding tert-OH is 1. The highest BCUT2D eigenvalue weighted by Gasteiger charge is 2.32. The molecule has 3 amide bonds. The number of carbonyl (C=O) groups excluding carboxylic acids is 2. The molecule has 0 radical (unpaired) electrons. The summed E-state index contributed by atoms with van der Waals surface area (Å²) in [5.74, 6) is -0.381. The van der Waals surface area contributed by atoms with E-state index in [1.54, 1.807) is 42.2 Å². The highest BCUT2D eigenvalue weighted by atomic mass is 35.5. The SMILES string of the molecule is C[C@@H]1CCCCO[C@@H](CN(C)S(=O)(=O)c2ccc(Cl)cc2)[C@H](C)CN([C@@H](C)CO)C(=O)c2cc(NC(=O)Nc3ccccc3)ccc2O1. The Morgan fingerprint density at radius 3 is 2.42 bits per heavy atom. The summed E-state index contributed by atoms with van der Waals surface area (Å²) < 4.78 is 40.7. The van der Waals surface area contributed by atoms with E-state index in [0.717, 1.165) is 12.8 Å². The fraction of sp³-hybridized carbons (Fsp3) is 0.429. The van der Waals surface area contributed by atoms with E-state index in [9.17, 15) is 23.1 Å². The summed E-state index contributed by atoms with van der Waals surface area (Å²) >= 11 is 5.98. The van der Waals surface area contributed by atoms with Crippen molar-refractivity contribution in [2.75, 3.05) is 44.0 Å². The van der Waals surface area contributed by atoms with Gasteiger partial charge in [-0.25, -0.2) is 13.2 Å². The fourth-order valence-corrected chi connectivity index (χ4v) is 6.72. The monoisotopic (exact) mass is 700 g/mol. The molecule has 4 rings (SSSR count). The van der Waals surface area contributed by atoms with Gasteiger partial charge in [0.2, 0.25) is 10.0 Å². The van der Waals surface area contributed by atoms with Crippen molar-refractivity contribution in [3.63, 3.8) is 0 Å². The first kappa shape index (κ1) is 37.1. The summed E-state index contributed by atoms with van der Waals surface area (Å²) in [7, 11) is -2.35. The van der Waals surface area contributed by atoms with Crippen molar-refractivity contribution in [2.45, 2.75) is 63.2 Å². The number of hydrogen-bond acceptors (Lipinski definition) is 7. The molecule has 11 nitrogen and oxygen atoms in total. The second-order valence-electron chi connectivity index (χ2n) is 12.2. The molecule has 0 saturated heterocycles. The number of aliphatic hydroxyl groups is 1. The standard InChI is InChI=1S/C35H45ClN4O7S/c1-24-21-40(25(2)23-41)34(42)31-20-29(38-35(43)37-28-11-6-5-7-12-28)15-18-32(31)47-26(3)10-8-9-19-46-33(24)22-39(4)48(44,45)30-16-13-27(36)14-17-30/h5-7,11-18,20,24-26,33,41H,8-10,19,21-23H2,1-4H3,(H2,37,38,43)/t24-,25+,26-,33+/m1/s1. The molecule has 4 atom stereocenters. The normalized spacial score (nSPS) is 20.3. The highest BCUT2D eigenvalue weighted by Crippen LogP contribution is 2.29. The zero-order chi connectivity index (χ0) is 34.8. The summed E-state index contributed by atoms with van der Waals surface area (Å²) in [4.78, 5) is 28.8. The Hall–Kier alpha value is -3.68. The van der Waals surface area contributed by atoms with Gasteiger partial charge in [-0.2, -0.15) is 4.31 Å². The Bertz CT molecular complexity index is 1630. The van der Waals surface area contributed by atoms with Crippen molar-refractivity contribution in [1.82, 2.24) is 9.21 Å². The maximum atomic E-state index is 14.3. The third-order valence-electron chi connectivity index (χ3n) is 8.30. The van der Waals surface area contributed by atoms with Crippen LogP contribution in [0.4, 0.5) is 16.2 Å². The zero-order valence-electron chi connectivity index (χ0n) is 27.8. The summed E-state index contributed by atoms with van der Waals surface area (Å²) in [6.45, 7) is 5.85. The number of halogens is 1. The minimum Gasteiger partial charge on any atom is -0.490 e. The molecule has 1 heterocycles. The number of urea groups is 1. The van der Waals surface area contributed by atoms with E-state index in [1.165, 1.54) is 35.6 Å². The number of nitrogens with one attached hydrogen (secondary N) is 2. The van der Waals surface area contributed by atoms with E-state index in [0.29, 0.717) is 35.2 Å². The van der Waals surface area contributed by atoms with Crippen LogP contribution in [0.15, 0.2) is 77.7 Å². The Morgan fingerprint density at radius 2 is 1.73 bits per heavy atom. The molecule has 48 heavy (non-hydrogen) atoms. The van der Waals surface area contributed by atoms with Crippen molar-refractivity contribution in [3.05, 3.63) is 83.4 Å². The fourth-order valence-electron chi connectivity index (χ4n) is 5.42. The second-order valence-corrected chi connectivity index (χ2v) is 14.7. The van der Waals surface area contributed by atoms with E-state index < -0.39 is 34.1 Å². The maximum Gasteiger partial charge on any atom is 0.323 e. The summed E-state index contributed by atoms with van der Waals surface area (Å²) in [6, 6.07) is 18.8. The molecule has 0 unspecified atom stereocenters. The lowest BCUT2D eigenvalue weighted by Crippen LogP contribution is -2.48. The van der Waals surface area contributed by atoms with E-state index in [-0.39, 0.29) is 42.2 Å². The number of nitrogens with zero attached hydrogens (tertiary/aromatic N) is 2. The lowest BCUT2D eigenvalue weighted by Gasteiger charge is -2.35. The molecular formula is C35H45ClN4O7S. The number of sulfonamides is 1. The number of amides is 3. The molecule has 0 saturated carbocycles. The topological polar surface area (TPSA) is 138 Å². The first-order valence-corrected chi connectivity index (χ1v) is 17.9. The maximum absolute atomic E-state index is 14.3. The van der Waals surface area contributed by atoms with Crippen molar-refractivity contribution in [3.8, 4) is 5.75 Å². The number of anilines is 2. The molecule has 260 valence electrons. The highest BCUT2D eigenvalue weighted by molar-refractivity contribution is 7.89. The van der Waals surface area contributed by atoms with Crippen LogP contribution in [0, 0.1) is 5.92 Å². The van der Waals surface area contributed by atoms with Gasteiger partial charge >= 0.3 is 6.03 Å². The van der Waals surface area contributed by atoms with Crippen LogP contribution in [0.5, 0.6) is 5.75 Å². The van der Waals surface area contributed by atoms with Gasteiger partial charge in [0.25, 0.3) is 5.91 Å². The molecule has 0 aliphatic carbocycles. The summed E-state index contributed by atoms with van der Waals surface area (Å²) in [5.41, 5.74) is 1.22. The van der Waals surface area contributed by atoms with Crippen LogP contribution in [0.3, 0.4) is 0 Å². The lowest BCUT2D eigenvalue weighted by molar-refractivity contribution is -0.00833. The number of ether oxygens (including phenoxy) is 2. The largest absolute Gasteiger partial charge is 0.490 e. The number of likely N-dealkylation sites (N-methyl/N-ethyl adjacent to an activating group) is 1. The third kappa shape index (κ3) is 9.93. The van der Waals surface area contributed by atoms with Crippen molar-refractivity contribution < 1.29 is 32.6 Å². The minimum absolute atomic E-state index is 0.0440. The Labute approximate surface area is 288 Å². The molecule has 1 aliphatic rings. The molecule has 0 fully saturated rings. The molecule has 3 aromatic rings. The van der Waals surface area contributed by atoms with Crippen molar-refractivity contribution in [2.24, 2.45) is 5.92 Å². The number of fused-ring (bicyclic) bond motifs is 1. The van der Waals surface area contributed by atoms with Gasteiger partial charge in [0.05, 0.1) is 35.3 Å². The van der Waals surface area contributed by atoms with Gasteiger partial charge in [-0.1, -0.05) is 36.7 Å². The average Bonchev–Trinajstić information content (AvgIpc) is 3.06. The first-order chi connectivity index (χ1) is 22.9. The second kappa shape index (κ2) is 17.1. The van der Waals surface area contributed by atoms with E-state index >= 15 is 0 Å². The lowest BCUT2D eigenvalue weighted by atomic mass is 10.0. The molecule has 0 aromatic heterocycles. The van der Waals surface area contributed by atoms with Gasteiger partial charge in [0, 0.05) is 49.1 Å². The van der Waals surface area contributed by atoms with Crippen LogP contribution in [0.25, 0.3) is 0 Å².